The van der Waals surface area contributed by atoms with Crippen molar-refractivity contribution in [2.45, 2.75) is 6.61 Å². The molecular weight excluding hydrogens is 106 g/mol. The van der Waals surface area contributed by atoms with Crippen molar-refractivity contribution >= 4 is 0 Å². The molecule has 0 radical (unpaired) electrons. The van der Waals surface area contributed by atoms with E-state index in [4.69, 9.17) is 5.11 Å². The molecule has 0 unspecified atom stereocenters. The first-order chi connectivity index (χ1) is 3.93. The molecule has 0 bridgehead atoms. The van der Waals surface area contributed by atoms with Crippen LogP contribution < -0.4 is 0 Å². The van der Waals surface area contributed by atoms with Crippen molar-refractivity contribution in [2.75, 3.05) is 0 Å². The summed E-state index contributed by atoms with van der Waals surface area (Å²) < 4.78 is 0. The van der Waals surface area contributed by atoms with Crippen LogP contribution in [-0.4, -0.2) is 20.5 Å². The maximum absolute atomic E-state index is 8.43. The number of aromatic nitrogens is 3. The zero-order valence-corrected chi connectivity index (χ0v) is 4.15. The minimum Gasteiger partial charge on any atom is -0.392 e. The van der Waals surface area contributed by atoms with E-state index in [9.17, 15) is 0 Å². The van der Waals surface area contributed by atoms with Gasteiger partial charge in [-0.25, -0.2) is 0 Å². The second kappa shape index (κ2) is 2.32. The lowest BCUT2D eigenvalue weighted by atomic mass is 10.4. The third-order valence-electron chi connectivity index (χ3n) is 0.733. The highest BCUT2D eigenvalue weighted by molar-refractivity contribution is 4.97. The Morgan fingerprint density at radius 2 is 2.00 bits per heavy atom. The maximum Gasteiger partial charge on any atom is 0.0713 e. The number of hydrogen-bond acceptors (Lipinski definition) is 4. The van der Waals surface area contributed by atoms with Gasteiger partial charge >= 0.3 is 0 Å². The molecule has 0 aliphatic heterocycles. The molecule has 0 aromatic carbocycles. The lowest BCUT2D eigenvalue weighted by Gasteiger charge is -1.86. The Labute approximate surface area is 46.2 Å². The van der Waals surface area contributed by atoms with Crippen LogP contribution in [0.4, 0.5) is 0 Å². The average molecular weight is 111 g/mol. The van der Waals surface area contributed by atoms with Gasteiger partial charge in [-0.05, 0) is 5.21 Å². The molecule has 4 nitrogen and oxygen atoms in total. The number of aliphatic hydroxyl groups excluding tert-OH is 1. The molecule has 0 amide bonds. The quantitative estimate of drug-likeness (QED) is 0.524. The second-order valence-corrected chi connectivity index (χ2v) is 1.31. The van der Waals surface area contributed by atoms with E-state index in [1.54, 1.807) is 0 Å². The smallest absolute Gasteiger partial charge is 0.0713 e. The summed E-state index contributed by atoms with van der Waals surface area (Å²) >= 11 is 0. The lowest BCUT2D eigenvalue weighted by molar-refractivity contribution is 0.280. The summed E-state index contributed by atoms with van der Waals surface area (Å²) in [6.45, 7) is -0.0253. The SMILES string of the molecule is OCc1cnnnc1. The van der Waals surface area contributed by atoms with E-state index in [2.05, 4.69) is 15.4 Å². The summed E-state index contributed by atoms with van der Waals surface area (Å²) in [4.78, 5) is 0. The van der Waals surface area contributed by atoms with Gasteiger partial charge in [0.25, 0.3) is 0 Å². The Morgan fingerprint density at radius 1 is 1.38 bits per heavy atom. The van der Waals surface area contributed by atoms with Crippen molar-refractivity contribution in [1.29, 1.82) is 0 Å². The van der Waals surface area contributed by atoms with E-state index in [0.717, 1.165) is 0 Å². The molecule has 0 aliphatic carbocycles. The summed E-state index contributed by atoms with van der Waals surface area (Å²) in [7, 11) is 0. The average Bonchev–Trinajstić information content (AvgIpc) is 1.90. The Kier molecular flexibility index (Phi) is 1.48. The molecule has 0 saturated carbocycles. The minimum absolute atomic E-state index is 0.0253. The highest BCUT2D eigenvalue weighted by Gasteiger charge is 1.84. The minimum atomic E-state index is -0.0253. The topological polar surface area (TPSA) is 58.9 Å². The monoisotopic (exact) mass is 111 g/mol. The van der Waals surface area contributed by atoms with Crippen molar-refractivity contribution in [3.8, 4) is 0 Å². The molecule has 42 valence electrons. The van der Waals surface area contributed by atoms with E-state index in [-0.39, 0.29) is 6.61 Å². The van der Waals surface area contributed by atoms with E-state index in [1.165, 1.54) is 12.4 Å². The molecule has 0 spiro atoms. The van der Waals surface area contributed by atoms with Crippen molar-refractivity contribution in [3.63, 3.8) is 0 Å². The lowest BCUT2D eigenvalue weighted by Crippen LogP contribution is -1.89. The van der Waals surface area contributed by atoms with Gasteiger partial charge in [0.2, 0.25) is 0 Å². The third kappa shape index (κ3) is 0.974. The largest absolute Gasteiger partial charge is 0.392 e. The summed E-state index contributed by atoms with van der Waals surface area (Å²) in [5.41, 5.74) is 0.681. The molecule has 1 heterocycles. The fraction of sp³-hybridized carbons (Fsp3) is 0.250. The molecule has 0 aliphatic rings. The van der Waals surface area contributed by atoms with Crippen molar-refractivity contribution in [2.24, 2.45) is 0 Å². The van der Waals surface area contributed by atoms with Gasteiger partial charge in [-0.1, -0.05) is 0 Å². The van der Waals surface area contributed by atoms with Gasteiger partial charge in [0.15, 0.2) is 0 Å². The van der Waals surface area contributed by atoms with Gasteiger partial charge in [0.1, 0.15) is 0 Å². The van der Waals surface area contributed by atoms with Crippen LogP contribution in [0.1, 0.15) is 5.56 Å². The Morgan fingerprint density at radius 3 is 2.38 bits per heavy atom. The Bertz CT molecular complexity index is 153. The maximum atomic E-state index is 8.43. The first-order valence-corrected chi connectivity index (χ1v) is 2.16. The van der Waals surface area contributed by atoms with Gasteiger partial charge in [0, 0.05) is 5.56 Å². The Balaban J connectivity index is 2.83. The van der Waals surface area contributed by atoms with E-state index < -0.39 is 0 Å². The molecular formula is C4H5N3O. The molecule has 1 rings (SSSR count). The van der Waals surface area contributed by atoms with Crippen LogP contribution in [0.2, 0.25) is 0 Å². The van der Waals surface area contributed by atoms with Crippen molar-refractivity contribution < 1.29 is 5.11 Å². The predicted molar refractivity (Wildman–Crippen MR) is 25.7 cm³/mol. The highest BCUT2D eigenvalue weighted by atomic mass is 16.3. The molecule has 1 aromatic rings. The van der Waals surface area contributed by atoms with Crippen LogP contribution in [0.3, 0.4) is 0 Å². The summed E-state index contributed by atoms with van der Waals surface area (Å²) in [6, 6.07) is 0. The fourth-order valence-electron chi connectivity index (χ4n) is 0.345. The van der Waals surface area contributed by atoms with Crippen LogP contribution in [-0.2, 0) is 6.61 Å². The Hall–Kier alpha value is -1.03. The highest BCUT2D eigenvalue weighted by Crippen LogP contribution is 1.87. The van der Waals surface area contributed by atoms with Crippen LogP contribution in [0.25, 0.3) is 0 Å². The first-order valence-electron chi connectivity index (χ1n) is 2.16. The van der Waals surface area contributed by atoms with Crippen LogP contribution in [0, 0.1) is 0 Å². The fourth-order valence-corrected chi connectivity index (χ4v) is 0.345. The zero-order chi connectivity index (χ0) is 5.82. The van der Waals surface area contributed by atoms with Gasteiger partial charge in [-0.3, -0.25) is 0 Å². The molecule has 0 fully saturated rings. The van der Waals surface area contributed by atoms with Crippen LogP contribution in [0.5, 0.6) is 0 Å². The van der Waals surface area contributed by atoms with E-state index in [0.29, 0.717) is 5.56 Å². The normalized spacial score (nSPS) is 9.12. The number of aliphatic hydroxyl groups is 1. The van der Waals surface area contributed by atoms with Crippen molar-refractivity contribution in [1.82, 2.24) is 15.4 Å². The molecule has 4 heteroatoms. The van der Waals surface area contributed by atoms with Crippen LogP contribution >= 0.6 is 0 Å². The van der Waals surface area contributed by atoms with E-state index >= 15 is 0 Å². The molecule has 1 N–H and O–H groups in total. The van der Waals surface area contributed by atoms with Gasteiger partial charge in [-0.15, -0.1) is 10.2 Å². The third-order valence-corrected chi connectivity index (χ3v) is 0.733. The van der Waals surface area contributed by atoms with Gasteiger partial charge in [0.05, 0.1) is 19.0 Å². The van der Waals surface area contributed by atoms with Crippen molar-refractivity contribution in [3.05, 3.63) is 18.0 Å². The van der Waals surface area contributed by atoms with E-state index in [1.807, 2.05) is 0 Å². The summed E-state index contributed by atoms with van der Waals surface area (Å²) in [6.07, 6.45) is 2.93. The molecule has 0 atom stereocenters. The number of nitrogens with zero attached hydrogens (tertiary/aromatic N) is 3. The first kappa shape index (κ1) is 5.11. The van der Waals surface area contributed by atoms with Gasteiger partial charge in [-0.2, -0.15) is 0 Å². The predicted octanol–water partition coefficient (Wildman–Crippen LogP) is -0.636. The number of hydrogen-bond donors (Lipinski definition) is 1. The molecule has 0 saturated heterocycles. The summed E-state index contributed by atoms with van der Waals surface area (Å²) in [5, 5.41) is 18.6. The zero-order valence-electron chi connectivity index (χ0n) is 4.15. The second-order valence-electron chi connectivity index (χ2n) is 1.31. The standard InChI is InChI=1S/C4H5N3O/c8-3-4-1-5-7-6-2-4/h1-2,8H,3H2. The van der Waals surface area contributed by atoms with Gasteiger partial charge < -0.3 is 5.11 Å². The summed E-state index contributed by atoms with van der Waals surface area (Å²) in [5.74, 6) is 0. The molecule has 8 heavy (non-hydrogen) atoms. The number of rotatable bonds is 1. The molecule has 1 aromatic heterocycles. The van der Waals surface area contributed by atoms with Crippen LogP contribution in [0.15, 0.2) is 12.4 Å².